The third-order valence-electron chi connectivity index (χ3n) is 1.34. The highest BCUT2D eigenvalue weighted by atomic mass is 16.4. The van der Waals surface area contributed by atoms with Gasteiger partial charge in [-0.05, 0) is 33.0 Å². The summed E-state index contributed by atoms with van der Waals surface area (Å²) in [6.07, 6.45) is 2.27. The van der Waals surface area contributed by atoms with E-state index in [0.717, 1.165) is 25.9 Å². The molecule has 3 nitrogen and oxygen atoms in total. The molecule has 0 radical (unpaired) electrons. The van der Waals surface area contributed by atoms with Crippen LogP contribution in [0.2, 0.25) is 0 Å². The Morgan fingerprint density at radius 1 is 1.50 bits per heavy atom. The minimum absolute atomic E-state index is 0.713. The van der Waals surface area contributed by atoms with Gasteiger partial charge in [0, 0.05) is 7.11 Å². The lowest BCUT2D eigenvalue weighted by Gasteiger charge is -2.12. The number of hydrogen-bond donors (Lipinski definition) is 1. The molecule has 4 heteroatoms. The smallest absolute Gasteiger partial charge is 0.363 e. The Balaban J connectivity index is 2.97. The zero-order valence-electron chi connectivity index (χ0n) is 6.97. The molecule has 0 saturated carbocycles. The van der Waals surface area contributed by atoms with E-state index >= 15 is 0 Å². The quantitative estimate of drug-likeness (QED) is 0.406. The predicted molar refractivity (Wildman–Crippen MR) is 45.1 cm³/mol. The highest BCUT2D eigenvalue weighted by molar-refractivity contribution is 6.23. The van der Waals surface area contributed by atoms with Gasteiger partial charge in [-0.25, -0.2) is 0 Å². The van der Waals surface area contributed by atoms with Crippen molar-refractivity contribution < 1.29 is 4.65 Å². The van der Waals surface area contributed by atoms with Crippen LogP contribution in [0.1, 0.15) is 12.8 Å². The molecule has 0 aliphatic carbocycles. The summed E-state index contributed by atoms with van der Waals surface area (Å²) in [6, 6.07) is 0. The molecule has 0 aliphatic heterocycles. The lowest BCUT2D eigenvalue weighted by molar-refractivity contribution is 0.364. The Bertz CT molecular complexity index is 72.8. The zero-order chi connectivity index (χ0) is 7.82. The zero-order valence-corrected chi connectivity index (χ0v) is 6.97. The first-order valence-corrected chi connectivity index (χ1v) is 3.68. The molecular formula is C6H17BN2O. The second kappa shape index (κ2) is 7.06. The summed E-state index contributed by atoms with van der Waals surface area (Å²) in [5.74, 6) is 0. The van der Waals surface area contributed by atoms with E-state index in [0.29, 0.717) is 7.62 Å². The van der Waals surface area contributed by atoms with Crippen molar-refractivity contribution in [3.63, 3.8) is 0 Å². The molecule has 60 valence electrons. The third kappa shape index (κ3) is 6.07. The largest absolute Gasteiger partial charge is 0.427 e. The van der Waals surface area contributed by atoms with Gasteiger partial charge in [0.2, 0.25) is 0 Å². The van der Waals surface area contributed by atoms with Crippen molar-refractivity contribution in [2.45, 2.75) is 12.8 Å². The number of unbranched alkanes of at least 4 members (excludes halogenated alkanes) is 1. The molecule has 0 spiro atoms. The van der Waals surface area contributed by atoms with Gasteiger partial charge in [0.25, 0.3) is 0 Å². The minimum atomic E-state index is 0.713. The van der Waals surface area contributed by atoms with Crippen LogP contribution in [0.15, 0.2) is 0 Å². The van der Waals surface area contributed by atoms with E-state index < -0.39 is 0 Å². The number of hydrogen-bond acceptors (Lipinski definition) is 3. The number of rotatable bonds is 6. The molecule has 10 heavy (non-hydrogen) atoms. The van der Waals surface area contributed by atoms with Crippen LogP contribution in [-0.4, -0.2) is 39.7 Å². The molecular weight excluding hydrogens is 127 g/mol. The molecule has 0 atom stereocenters. The molecule has 0 rings (SSSR count). The lowest BCUT2D eigenvalue weighted by atomic mass is 10.2. The normalized spacial score (nSPS) is 10.4. The van der Waals surface area contributed by atoms with Gasteiger partial charge < -0.3 is 15.2 Å². The van der Waals surface area contributed by atoms with Gasteiger partial charge in [0.15, 0.2) is 0 Å². The predicted octanol–water partition coefficient (Wildman–Crippen LogP) is -0.430. The standard InChI is InChI=1S/C6H17BN2O/c1-9(7-10-2)6-4-3-5-8/h7H,3-6,8H2,1-2H3. The van der Waals surface area contributed by atoms with Crippen molar-refractivity contribution in [3.8, 4) is 0 Å². The molecule has 2 N–H and O–H groups in total. The van der Waals surface area contributed by atoms with Crippen LogP contribution in [0, 0.1) is 0 Å². The Morgan fingerprint density at radius 3 is 2.70 bits per heavy atom. The van der Waals surface area contributed by atoms with Crippen LogP contribution < -0.4 is 5.73 Å². The van der Waals surface area contributed by atoms with Gasteiger partial charge in [0.1, 0.15) is 0 Å². The molecule has 0 saturated heterocycles. The Kier molecular flexibility index (Phi) is 7.02. The summed E-state index contributed by atoms with van der Waals surface area (Å²) in [7, 11) is 4.46. The Labute approximate surface area is 63.8 Å². The second-order valence-electron chi connectivity index (χ2n) is 2.49. The van der Waals surface area contributed by atoms with Crippen molar-refractivity contribution >= 4 is 7.62 Å². The first-order chi connectivity index (χ1) is 4.81. The van der Waals surface area contributed by atoms with E-state index in [9.17, 15) is 0 Å². The SMILES string of the molecule is COBN(C)CCCCN. The monoisotopic (exact) mass is 144 g/mol. The van der Waals surface area contributed by atoms with E-state index in [2.05, 4.69) is 4.81 Å². The van der Waals surface area contributed by atoms with Gasteiger partial charge in [-0.1, -0.05) is 0 Å². The highest BCUT2D eigenvalue weighted by Crippen LogP contribution is 1.88. The maximum absolute atomic E-state index is 5.34. The van der Waals surface area contributed by atoms with Crippen molar-refractivity contribution in [2.24, 2.45) is 5.73 Å². The highest BCUT2D eigenvalue weighted by Gasteiger charge is 1.97. The average Bonchev–Trinajstić information content (AvgIpc) is 1.89. The van der Waals surface area contributed by atoms with Gasteiger partial charge in [-0.2, -0.15) is 0 Å². The molecule has 0 aliphatic rings. The van der Waals surface area contributed by atoms with E-state index in [1.54, 1.807) is 7.11 Å². The molecule has 0 aromatic heterocycles. The fraction of sp³-hybridized carbons (Fsp3) is 1.00. The van der Waals surface area contributed by atoms with Gasteiger partial charge in [-0.15, -0.1) is 0 Å². The van der Waals surface area contributed by atoms with Crippen molar-refractivity contribution in [1.82, 2.24) is 4.81 Å². The maximum Gasteiger partial charge on any atom is 0.363 e. The number of nitrogens with two attached hydrogens (primary N) is 1. The summed E-state index contributed by atoms with van der Waals surface area (Å²) in [6.45, 7) is 1.87. The second-order valence-corrected chi connectivity index (χ2v) is 2.49. The minimum Gasteiger partial charge on any atom is -0.427 e. The molecule has 0 bridgehead atoms. The molecule has 0 fully saturated rings. The van der Waals surface area contributed by atoms with E-state index in [4.69, 9.17) is 10.4 Å². The van der Waals surface area contributed by atoms with Gasteiger partial charge >= 0.3 is 7.62 Å². The van der Waals surface area contributed by atoms with Crippen LogP contribution >= 0.6 is 0 Å². The summed E-state index contributed by atoms with van der Waals surface area (Å²) in [4.78, 5) is 2.13. The van der Waals surface area contributed by atoms with Crippen LogP contribution in [0.4, 0.5) is 0 Å². The average molecular weight is 144 g/mol. The first kappa shape index (κ1) is 9.94. The molecule has 0 heterocycles. The summed E-state index contributed by atoms with van der Waals surface area (Å²) in [5.41, 5.74) is 5.34. The molecule has 0 aromatic carbocycles. The number of nitrogens with zero attached hydrogens (tertiary/aromatic N) is 1. The van der Waals surface area contributed by atoms with Gasteiger partial charge in [0.05, 0.1) is 0 Å². The maximum atomic E-state index is 5.34. The van der Waals surface area contributed by atoms with Crippen LogP contribution in [0.25, 0.3) is 0 Å². The Morgan fingerprint density at radius 2 is 2.20 bits per heavy atom. The van der Waals surface area contributed by atoms with Crippen molar-refractivity contribution in [3.05, 3.63) is 0 Å². The molecule has 0 amide bonds. The summed E-state index contributed by atoms with van der Waals surface area (Å²) >= 11 is 0. The third-order valence-corrected chi connectivity index (χ3v) is 1.34. The Hall–Kier alpha value is -0.0551. The lowest BCUT2D eigenvalue weighted by Crippen LogP contribution is -2.25. The molecule has 0 unspecified atom stereocenters. The van der Waals surface area contributed by atoms with E-state index in [-0.39, 0.29) is 0 Å². The van der Waals surface area contributed by atoms with Crippen LogP contribution in [0.3, 0.4) is 0 Å². The van der Waals surface area contributed by atoms with Crippen molar-refractivity contribution in [2.75, 3.05) is 27.2 Å². The molecule has 0 aromatic rings. The van der Waals surface area contributed by atoms with Crippen molar-refractivity contribution in [1.29, 1.82) is 0 Å². The topological polar surface area (TPSA) is 38.5 Å². The summed E-state index contributed by atoms with van der Waals surface area (Å²) in [5, 5.41) is 0. The van der Waals surface area contributed by atoms with E-state index in [1.165, 1.54) is 0 Å². The summed E-state index contributed by atoms with van der Waals surface area (Å²) < 4.78 is 4.93. The van der Waals surface area contributed by atoms with Crippen LogP contribution in [-0.2, 0) is 4.65 Å². The van der Waals surface area contributed by atoms with Gasteiger partial charge in [-0.3, -0.25) is 0 Å². The fourth-order valence-electron chi connectivity index (χ4n) is 0.811. The van der Waals surface area contributed by atoms with E-state index in [1.807, 2.05) is 7.05 Å². The fourth-order valence-corrected chi connectivity index (χ4v) is 0.811. The first-order valence-electron chi connectivity index (χ1n) is 3.68. The van der Waals surface area contributed by atoms with Crippen LogP contribution in [0.5, 0.6) is 0 Å².